The molecule has 0 aliphatic heterocycles. The fraction of sp³-hybridized carbons (Fsp3) is 0.667. The number of hydrogen-bond donors (Lipinski definition) is 1. The summed E-state index contributed by atoms with van der Waals surface area (Å²) in [4.78, 5) is 9.78. The standard InChI is InChI=1S/C9H15N3O4/c1-7(2)16-6-8(13)5-11-4-3-9(10-11)12(14)15/h3-4,7-8,13H,5-6H2,1-2H3. The summed E-state index contributed by atoms with van der Waals surface area (Å²) in [5.41, 5.74) is 0. The van der Waals surface area contributed by atoms with Crippen LogP contribution >= 0.6 is 0 Å². The molecule has 7 heteroatoms. The van der Waals surface area contributed by atoms with Crippen LogP contribution in [0.2, 0.25) is 0 Å². The minimum Gasteiger partial charge on any atom is -0.389 e. The van der Waals surface area contributed by atoms with Gasteiger partial charge in [-0.2, -0.15) is 4.68 Å². The van der Waals surface area contributed by atoms with Crippen molar-refractivity contribution in [2.24, 2.45) is 0 Å². The molecule has 0 fully saturated rings. The summed E-state index contributed by atoms with van der Waals surface area (Å²) in [6.45, 7) is 4.10. The summed E-state index contributed by atoms with van der Waals surface area (Å²) in [5.74, 6) is -0.225. The van der Waals surface area contributed by atoms with Gasteiger partial charge in [-0.05, 0) is 18.8 Å². The van der Waals surface area contributed by atoms with Gasteiger partial charge >= 0.3 is 5.82 Å². The van der Waals surface area contributed by atoms with E-state index in [2.05, 4.69) is 5.10 Å². The zero-order chi connectivity index (χ0) is 12.1. The first-order valence-electron chi connectivity index (χ1n) is 4.96. The minimum absolute atomic E-state index is 0.0432. The van der Waals surface area contributed by atoms with Gasteiger partial charge in [0.05, 0.1) is 42.7 Å². The molecule has 0 amide bonds. The van der Waals surface area contributed by atoms with Crippen LogP contribution < -0.4 is 0 Å². The lowest BCUT2D eigenvalue weighted by Crippen LogP contribution is -2.24. The van der Waals surface area contributed by atoms with Gasteiger partial charge in [0.15, 0.2) is 0 Å². The number of nitro groups is 1. The normalized spacial score (nSPS) is 13.0. The Labute approximate surface area is 92.8 Å². The quantitative estimate of drug-likeness (QED) is 0.569. The first kappa shape index (κ1) is 12.6. The molecule has 1 atom stereocenters. The van der Waals surface area contributed by atoms with E-state index in [-0.39, 0.29) is 25.1 Å². The molecular formula is C9H15N3O4. The Hall–Kier alpha value is -1.47. The molecule has 1 aromatic heterocycles. The zero-order valence-corrected chi connectivity index (χ0v) is 9.24. The van der Waals surface area contributed by atoms with Crippen molar-refractivity contribution in [1.82, 2.24) is 9.78 Å². The molecule has 0 spiro atoms. The van der Waals surface area contributed by atoms with Crippen molar-refractivity contribution in [1.29, 1.82) is 0 Å². The second-order valence-corrected chi connectivity index (χ2v) is 3.69. The molecule has 0 radical (unpaired) electrons. The molecule has 0 aliphatic carbocycles. The summed E-state index contributed by atoms with van der Waals surface area (Å²) in [5, 5.41) is 23.6. The topological polar surface area (TPSA) is 90.4 Å². The van der Waals surface area contributed by atoms with Crippen LogP contribution in [0.15, 0.2) is 12.3 Å². The number of rotatable bonds is 6. The van der Waals surface area contributed by atoms with Crippen LogP contribution in [-0.4, -0.2) is 38.6 Å². The third kappa shape index (κ3) is 3.95. The van der Waals surface area contributed by atoms with Crippen molar-refractivity contribution in [3.8, 4) is 0 Å². The number of ether oxygens (including phenoxy) is 1. The van der Waals surface area contributed by atoms with Crippen LogP contribution in [0.25, 0.3) is 0 Å². The second kappa shape index (κ2) is 5.57. The highest BCUT2D eigenvalue weighted by Gasteiger charge is 2.14. The van der Waals surface area contributed by atoms with Crippen molar-refractivity contribution in [3.05, 3.63) is 22.4 Å². The molecule has 0 aliphatic rings. The van der Waals surface area contributed by atoms with Crippen LogP contribution in [0.5, 0.6) is 0 Å². The maximum absolute atomic E-state index is 10.4. The van der Waals surface area contributed by atoms with Crippen LogP contribution in [0.4, 0.5) is 5.82 Å². The Balaban J connectivity index is 2.43. The van der Waals surface area contributed by atoms with Gasteiger partial charge in [-0.25, -0.2) is 0 Å². The first-order chi connectivity index (χ1) is 7.49. The van der Waals surface area contributed by atoms with Gasteiger partial charge < -0.3 is 20.0 Å². The average molecular weight is 229 g/mol. The van der Waals surface area contributed by atoms with E-state index in [9.17, 15) is 15.2 Å². The van der Waals surface area contributed by atoms with Crippen LogP contribution in [0.3, 0.4) is 0 Å². The molecule has 1 rings (SSSR count). The highest BCUT2D eigenvalue weighted by molar-refractivity contribution is 5.13. The lowest BCUT2D eigenvalue weighted by molar-refractivity contribution is -0.389. The highest BCUT2D eigenvalue weighted by Crippen LogP contribution is 2.06. The molecule has 1 N–H and O–H groups in total. The Morgan fingerprint density at radius 3 is 2.88 bits per heavy atom. The van der Waals surface area contributed by atoms with E-state index >= 15 is 0 Å². The molecule has 0 saturated heterocycles. The van der Waals surface area contributed by atoms with Crippen LogP contribution in [-0.2, 0) is 11.3 Å². The fourth-order valence-corrected chi connectivity index (χ4v) is 1.12. The number of hydrogen-bond acceptors (Lipinski definition) is 5. The smallest absolute Gasteiger partial charge is 0.389 e. The van der Waals surface area contributed by atoms with E-state index in [0.29, 0.717) is 0 Å². The van der Waals surface area contributed by atoms with Crippen molar-refractivity contribution in [3.63, 3.8) is 0 Å². The first-order valence-corrected chi connectivity index (χ1v) is 4.96. The monoisotopic (exact) mass is 229 g/mol. The molecule has 0 aromatic carbocycles. The molecule has 0 saturated carbocycles. The zero-order valence-electron chi connectivity index (χ0n) is 9.24. The Bertz CT molecular complexity index is 350. The van der Waals surface area contributed by atoms with E-state index in [1.807, 2.05) is 13.8 Å². The number of nitrogens with zero attached hydrogens (tertiary/aromatic N) is 3. The molecule has 16 heavy (non-hydrogen) atoms. The predicted octanol–water partition coefficient (Wildman–Crippen LogP) is 0.577. The van der Waals surface area contributed by atoms with Crippen LogP contribution in [0, 0.1) is 10.1 Å². The van der Waals surface area contributed by atoms with Gasteiger partial charge in [-0.3, -0.25) is 0 Å². The summed E-state index contributed by atoms with van der Waals surface area (Å²) in [6, 6.07) is 1.29. The van der Waals surface area contributed by atoms with E-state index in [0.717, 1.165) is 0 Å². The van der Waals surface area contributed by atoms with E-state index in [4.69, 9.17) is 4.74 Å². The summed E-state index contributed by atoms with van der Waals surface area (Å²) < 4.78 is 6.53. The molecule has 90 valence electrons. The number of aliphatic hydroxyl groups is 1. The highest BCUT2D eigenvalue weighted by atomic mass is 16.6. The molecule has 1 heterocycles. The molecule has 1 unspecified atom stereocenters. The Morgan fingerprint density at radius 2 is 2.38 bits per heavy atom. The molecule has 7 nitrogen and oxygen atoms in total. The predicted molar refractivity (Wildman–Crippen MR) is 56.0 cm³/mol. The van der Waals surface area contributed by atoms with Gasteiger partial charge in [-0.15, -0.1) is 0 Å². The molecule has 0 bridgehead atoms. The van der Waals surface area contributed by atoms with Crippen molar-refractivity contribution in [2.75, 3.05) is 6.61 Å². The summed E-state index contributed by atoms with van der Waals surface area (Å²) in [6.07, 6.45) is 0.778. The summed E-state index contributed by atoms with van der Waals surface area (Å²) >= 11 is 0. The van der Waals surface area contributed by atoms with Crippen LogP contribution in [0.1, 0.15) is 13.8 Å². The minimum atomic E-state index is -0.720. The SMILES string of the molecule is CC(C)OCC(O)Cn1ccc([N+](=O)[O-])n1. The van der Waals surface area contributed by atoms with E-state index < -0.39 is 11.0 Å². The third-order valence-corrected chi connectivity index (χ3v) is 1.83. The summed E-state index contributed by atoms with van der Waals surface area (Å²) in [7, 11) is 0. The lowest BCUT2D eigenvalue weighted by atomic mass is 10.4. The maximum Gasteiger partial charge on any atom is 0.389 e. The third-order valence-electron chi connectivity index (χ3n) is 1.83. The fourth-order valence-electron chi connectivity index (χ4n) is 1.12. The van der Waals surface area contributed by atoms with Gasteiger partial charge in [0.1, 0.15) is 0 Å². The van der Waals surface area contributed by atoms with Gasteiger partial charge in [0.2, 0.25) is 0 Å². The Kier molecular flexibility index (Phi) is 4.39. The molecule has 1 aromatic rings. The van der Waals surface area contributed by atoms with Crippen molar-refractivity contribution >= 4 is 5.82 Å². The number of aliphatic hydroxyl groups excluding tert-OH is 1. The number of aromatic nitrogens is 2. The largest absolute Gasteiger partial charge is 0.389 e. The second-order valence-electron chi connectivity index (χ2n) is 3.69. The van der Waals surface area contributed by atoms with Crippen molar-refractivity contribution in [2.45, 2.75) is 32.6 Å². The lowest BCUT2D eigenvalue weighted by Gasteiger charge is -2.11. The maximum atomic E-state index is 10.4. The van der Waals surface area contributed by atoms with Gasteiger partial charge in [0.25, 0.3) is 0 Å². The van der Waals surface area contributed by atoms with Crippen molar-refractivity contribution < 1.29 is 14.8 Å². The van der Waals surface area contributed by atoms with E-state index in [1.54, 1.807) is 0 Å². The Morgan fingerprint density at radius 1 is 1.69 bits per heavy atom. The van der Waals surface area contributed by atoms with Gasteiger partial charge in [0, 0.05) is 0 Å². The molecular weight excluding hydrogens is 214 g/mol. The van der Waals surface area contributed by atoms with Gasteiger partial charge in [-0.1, -0.05) is 0 Å². The average Bonchev–Trinajstić information content (AvgIpc) is 2.63. The van der Waals surface area contributed by atoms with E-state index in [1.165, 1.54) is 16.9 Å².